The highest BCUT2D eigenvalue weighted by Gasteiger charge is 2.07. The Morgan fingerprint density at radius 1 is 1.09 bits per heavy atom. The third-order valence-electron chi connectivity index (χ3n) is 3.65. The number of carbonyl (C=O) groups is 1. The van der Waals surface area contributed by atoms with Crippen LogP contribution in [-0.4, -0.2) is 12.5 Å². The molecule has 1 amide bonds. The van der Waals surface area contributed by atoms with Gasteiger partial charge in [-0.25, -0.2) is 0 Å². The van der Waals surface area contributed by atoms with E-state index in [4.69, 9.17) is 0 Å². The summed E-state index contributed by atoms with van der Waals surface area (Å²) in [5.74, 6) is 0.0225. The van der Waals surface area contributed by atoms with Crippen LogP contribution < -0.4 is 10.6 Å². The van der Waals surface area contributed by atoms with Gasteiger partial charge in [0.2, 0.25) is 5.91 Å². The topological polar surface area (TPSA) is 41.1 Å². The zero-order valence-electron chi connectivity index (χ0n) is 13.6. The van der Waals surface area contributed by atoms with Crippen LogP contribution in [0.2, 0.25) is 0 Å². The summed E-state index contributed by atoms with van der Waals surface area (Å²) in [5, 5.41) is 6.27. The molecule has 3 nitrogen and oxygen atoms in total. The molecule has 0 fully saturated rings. The van der Waals surface area contributed by atoms with Gasteiger partial charge >= 0.3 is 0 Å². The van der Waals surface area contributed by atoms with Crippen molar-refractivity contribution in [2.24, 2.45) is 0 Å². The Morgan fingerprint density at radius 3 is 2.68 bits per heavy atom. The average molecular weight is 296 g/mol. The molecule has 0 aliphatic carbocycles. The van der Waals surface area contributed by atoms with Gasteiger partial charge in [-0.2, -0.15) is 0 Å². The molecule has 0 aliphatic rings. The van der Waals surface area contributed by atoms with Crippen molar-refractivity contribution in [1.29, 1.82) is 0 Å². The third kappa shape index (κ3) is 4.71. The van der Waals surface area contributed by atoms with E-state index in [0.29, 0.717) is 6.42 Å². The van der Waals surface area contributed by atoms with Crippen molar-refractivity contribution in [3.8, 4) is 0 Å². The van der Waals surface area contributed by atoms with Crippen molar-refractivity contribution in [3.05, 3.63) is 64.7 Å². The Labute approximate surface area is 132 Å². The predicted molar refractivity (Wildman–Crippen MR) is 92.1 cm³/mol. The maximum atomic E-state index is 12.2. The molecule has 0 saturated carbocycles. The molecule has 0 unspecified atom stereocenters. The lowest BCUT2D eigenvalue weighted by Crippen LogP contribution is -2.16. The smallest absolute Gasteiger partial charge is 0.228 e. The Bertz CT molecular complexity index is 650. The molecule has 2 rings (SSSR count). The molecule has 2 aromatic rings. The number of hydrogen-bond acceptors (Lipinski definition) is 2. The summed E-state index contributed by atoms with van der Waals surface area (Å²) in [4.78, 5) is 12.2. The minimum absolute atomic E-state index is 0.0225. The van der Waals surface area contributed by atoms with Crippen LogP contribution >= 0.6 is 0 Å². The SMILES string of the molecule is CCNCc1cccc(NC(=O)Cc2cc(C)ccc2C)c1. The van der Waals surface area contributed by atoms with E-state index in [2.05, 4.69) is 41.8 Å². The van der Waals surface area contributed by atoms with Gasteiger partial charge in [0.25, 0.3) is 0 Å². The van der Waals surface area contributed by atoms with Crippen LogP contribution in [-0.2, 0) is 17.8 Å². The van der Waals surface area contributed by atoms with Crippen LogP contribution in [0.25, 0.3) is 0 Å². The van der Waals surface area contributed by atoms with E-state index >= 15 is 0 Å². The summed E-state index contributed by atoms with van der Waals surface area (Å²) in [6.07, 6.45) is 0.408. The third-order valence-corrected chi connectivity index (χ3v) is 3.65. The highest BCUT2D eigenvalue weighted by Crippen LogP contribution is 2.14. The number of carbonyl (C=O) groups excluding carboxylic acids is 1. The van der Waals surface area contributed by atoms with Crippen LogP contribution in [0.15, 0.2) is 42.5 Å². The zero-order chi connectivity index (χ0) is 15.9. The van der Waals surface area contributed by atoms with Gasteiger partial charge < -0.3 is 10.6 Å². The van der Waals surface area contributed by atoms with Crippen LogP contribution in [0, 0.1) is 13.8 Å². The summed E-state index contributed by atoms with van der Waals surface area (Å²) in [5.41, 5.74) is 5.45. The molecule has 0 radical (unpaired) electrons. The fourth-order valence-corrected chi connectivity index (χ4v) is 2.40. The molecular formula is C19H24N2O. The van der Waals surface area contributed by atoms with Gasteiger partial charge in [-0.1, -0.05) is 42.8 Å². The molecule has 0 heterocycles. The van der Waals surface area contributed by atoms with Crippen molar-refractivity contribution in [3.63, 3.8) is 0 Å². The monoisotopic (exact) mass is 296 g/mol. The van der Waals surface area contributed by atoms with Crippen LogP contribution in [0.1, 0.15) is 29.2 Å². The fraction of sp³-hybridized carbons (Fsp3) is 0.316. The van der Waals surface area contributed by atoms with Crippen molar-refractivity contribution in [1.82, 2.24) is 5.32 Å². The highest BCUT2D eigenvalue weighted by molar-refractivity contribution is 5.92. The lowest BCUT2D eigenvalue weighted by Gasteiger charge is -2.10. The number of aryl methyl sites for hydroxylation is 2. The quantitative estimate of drug-likeness (QED) is 0.855. The Hall–Kier alpha value is -2.13. The van der Waals surface area contributed by atoms with E-state index < -0.39 is 0 Å². The minimum atomic E-state index is 0.0225. The first-order valence-electron chi connectivity index (χ1n) is 7.74. The maximum Gasteiger partial charge on any atom is 0.228 e. The first kappa shape index (κ1) is 16.2. The fourth-order valence-electron chi connectivity index (χ4n) is 2.40. The van der Waals surface area contributed by atoms with Crippen molar-refractivity contribution in [2.45, 2.75) is 33.7 Å². The standard InChI is InChI=1S/C19H24N2O/c1-4-20-13-16-6-5-7-18(11-16)21-19(22)12-17-10-14(2)8-9-15(17)3/h5-11,20H,4,12-13H2,1-3H3,(H,21,22). The second kappa shape index (κ2) is 7.76. The Morgan fingerprint density at radius 2 is 1.91 bits per heavy atom. The second-order valence-corrected chi connectivity index (χ2v) is 5.64. The predicted octanol–water partition coefficient (Wildman–Crippen LogP) is 3.59. The molecule has 0 bridgehead atoms. The summed E-state index contributed by atoms with van der Waals surface area (Å²) in [6.45, 7) is 7.92. The Balaban J connectivity index is 2.01. The van der Waals surface area contributed by atoms with Crippen LogP contribution in [0.3, 0.4) is 0 Å². The molecule has 2 aromatic carbocycles. The zero-order valence-corrected chi connectivity index (χ0v) is 13.6. The summed E-state index contributed by atoms with van der Waals surface area (Å²) >= 11 is 0. The first-order chi connectivity index (χ1) is 10.6. The Kier molecular flexibility index (Phi) is 5.73. The van der Waals surface area contributed by atoms with Gasteiger partial charge in [0, 0.05) is 12.2 Å². The van der Waals surface area contributed by atoms with Crippen molar-refractivity contribution >= 4 is 11.6 Å². The van der Waals surface area contributed by atoms with Gasteiger partial charge in [0.1, 0.15) is 0 Å². The van der Waals surface area contributed by atoms with Crippen LogP contribution in [0.5, 0.6) is 0 Å². The molecule has 0 saturated heterocycles. The van der Waals surface area contributed by atoms with Gasteiger partial charge in [0.15, 0.2) is 0 Å². The van der Waals surface area contributed by atoms with E-state index in [1.807, 2.05) is 32.0 Å². The summed E-state index contributed by atoms with van der Waals surface area (Å²) in [6, 6.07) is 14.2. The van der Waals surface area contributed by atoms with E-state index in [9.17, 15) is 4.79 Å². The maximum absolute atomic E-state index is 12.2. The van der Waals surface area contributed by atoms with E-state index in [0.717, 1.165) is 29.9 Å². The molecule has 2 N–H and O–H groups in total. The summed E-state index contributed by atoms with van der Waals surface area (Å²) < 4.78 is 0. The molecule has 0 atom stereocenters. The summed E-state index contributed by atoms with van der Waals surface area (Å²) in [7, 11) is 0. The largest absolute Gasteiger partial charge is 0.326 e. The van der Waals surface area contributed by atoms with Gasteiger partial charge in [-0.05, 0) is 49.2 Å². The number of amides is 1. The molecule has 0 aromatic heterocycles. The van der Waals surface area contributed by atoms with Crippen molar-refractivity contribution < 1.29 is 4.79 Å². The van der Waals surface area contributed by atoms with Crippen LogP contribution in [0.4, 0.5) is 5.69 Å². The molecule has 0 aliphatic heterocycles. The lowest BCUT2D eigenvalue weighted by molar-refractivity contribution is -0.115. The number of anilines is 1. The number of benzene rings is 2. The van der Waals surface area contributed by atoms with Gasteiger partial charge in [-0.15, -0.1) is 0 Å². The van der Waals surface area contributed by atoms with E-state index in [1.165, 1.54) is 11.1 Å². The highest BCUT2D eigenvalue weighted by atomic mass is 16.1. The molecule has 22 heavy (non-hydrogen) atoms. The lowest BCUT2D eigenvalue weighted by atomic mass is 10.0. The van der Waals surface area contributed by atoms with Crippen molar-refractivity contribution in [2.75, 3.05) is 11.9 Å². The second-order valence-electron chi connectivity index (χ2n) is 5.64. The molecular weight excluding hydrogens is 272 g/mol. The number of rotatable bonds is 6. The van der Waals surface area contributed by atoms with E-state index in [-0.39, 0.29) is 5.91 Å². The normalized spacial score (nSPS) is 10.5. The molecule has 0 spiro atoms. The van der Waals surface area contributed by atoms with Gasteiger partial charge in [0.05, 0.1) is 6.42 Å². The minimum Gasteiger partial charge on any atom is -0.326 e. The molecule has 116 valence electrons. The number of nitrogens with one attached hydrogen (secondary N) is 2. The first-order valence-corrected chi connectivity index (χ1v) is 7.74. The average Bonchev–Trinajstić information content (AvgIpc) is 2.49. The van der Waals surface area contributed by atoms with Gasteiger partial charge in [-0.3, -0.25) is 4.79 Å². The van der Waals surface area contributed by atoms with E-state index in [1.54, 1.807) is 0 Å². The molecule has 3 heteroatoms. The number of hydrogen-bond donors (Lipinski definition) is 2.